The van der Waals surface area contributed by atoms with Gasteiger partial charge in [0.2, 0.25) is 0 Å². The highest BCUT2D eigenvalue weighted by Gasteiger charge is 2.44. The molecule has 1 aliphatic carbocycles. The number of ether oxygens (including phenoxy) is 3. The van der Waals surface area contributed by atoms with Crippen LogP contribution in [0.15, 0.2) is 24.3 Å². The lowest BCUT2D eigenvalue weighted by Crippen LogP contribution is -2.35. The number of hydrogen-bond donors (Lipinski definition) is 1. The molecule has 32 heavy (non-hydrogen) atoms. The Balaban J connectivity index is 1.89. The number of rotatable bonds is 8. The lowest BCUT2D eigenvalue weighted by Gasteiger charge is -2.27. The smallest absolute Gasteiger partial charge is 0.355 e. The molecule has 1 saturated carbocycles. The molecule has 1 N–H and O–H groups in total. The van der Waals surface area contributed by atoms with Crippen LogP contribution in [0.3, 0.4) is 0 Å². The van der Waals surface area contributed by atoms with Crippen LogP contribution in [0.1, 0.15) is 77.2 Å². The summed E-state index contributed by atoms with van der Waals surface area (Å²) in [5.41, 5.74) is 0.534. The molecule has 1 aromatic carbocycles. The maximum Gasteiger partial charge on any atom is 0.355 e. The Morgan fingerprint density at radius 2 is 1.69 bits per heavy atom. The van der Waals surface area contributed by atoms with Crippen LogP contribution in [-0.2, 0) is 31.0 Å². The van der Waals surface area contributed by atoms with Crippen LogP contribution in [0.25, 0.3) is 0 Å². The lowest BCUT2D eigenvalue weighted by molar-refractivity contribution is -0.152. The van der Waals surface area contributed by atoms with Crippen molar-refractivity contribution in [2.75, 3.05) is 13.2 Å². The summed E-state index contributed by atoms with van der Waals surface area (Å²) in [4.78, 5) is 40.9. The summed E-state index contributed by atoms with van der Waals surface area (Å²) in [6.07, 6.45) is 2.76. The number of halogens is 1. The predicted molar refractivity (Wildman–Crippen MR) is 114 cm³/mol. The van der Waals surface area contributed by atoms with Crippen molar-refractivity contribution >= 4 is 17.9 Å². The average molecular weight is 445 g/mol. The molecule has 1 heterocycles. The molecule has 0 amide bonds. The second kappa shape index (κ2) is 9.97. The first-order valence-corrected chi connectivity index (χ1v) is 10.8. The van der Waals surface area contributed by atoms with E-state index in [-0.39, 0.29) is 36.8 Å². The number of esters is 3. The minimum absolute atomic E-state index is 0.113. The third kappa shape index (κ3) is 4.54. The van der Waals surface area contributed by atoms with Crippen molar-refractivity contribution in [3.8, 4) is 0 Å². The number of aromatic nitrogens is 1. The average Bonchev–Trinajstić information content (AvgIpc) is 3.38. The second-order valence-electron chi connectivity index (χ2n) is 7.80. The summed E-state index contributed by atoms with van der Waals surface area (Å²) in [6, 6.07) is 6.02. The van der Waals surface area contributed by atoms with Crippen LogP contribution in [0.5, 0.6) is 0 Å². The van der Waals surface area contributed by atoms with Gasteiger partial charge in [-0.15, -0.1) is 0 Å². The summed E-state index contributed by atoms with van der Waals surface area (Å²) in [7, 11) is 0. The lowest BCUT2D eigenvalue weighted by atomic mass is 9.79. The van der Waals surface area contributed by atoms with Crippen LogP contribution in [0.4, 0.5) is 4.39 Å². The van der Waals surface area contributed by atoms with E-state index in [0.29, 0.717) is 24.0 Å². The molecule has 0 aliphatic heterocycles. The minimum Gasteiger partial charge on any atom is -0.462 e. The van der Waals surface area contributed by atoms with E-state index in [2.05, 4.69) is 4.98 Å². The Hall–Kier alpha value is -3.16. The highest BCUT2D eigenvalue weighted by Crippen LogP contribution is 2.42. The number of aromatic amines is 1. The highest BCUT2D eigenvalue weighted by molar-refractivity contribution is 5.98. The number of carbonyl (C=O) groups is 3. The van der Waals surface area contributed by atoms with E-state index in [9.17, 15) is 18.8 Å². The number of carbonyl (C=O) groups excluding carboxylic acids is 3. The number of H-pyrrole nitrogens is 1. The molecule has 172 valence electrons. The fourth-order valence-electron chi connectivity index (χ4n) is 4.30. The van der Waals surface area contributed by atoms with Gasteiger partial charge in [0.1, 0.15) is 18.1 Å². The van der Waals surface area contributed by atoms with Gasteiger partial charge >= 0.3 is 17.9 Å². The molecule has 2 aromatic rings. The van der Waals surface area contributed by atoms with Gasteiger partial charge in [-0.3, -0.25) is 4.79 Å². The van der Waals surface area contributed by atoms with Crippen LogP contribution < -0.4 is 0 Å². The molecule has 7 nitrogen and oxygen atoms in total. The molecule has 0 unspecified atom stereocenters. The van der Waals surface area contributed by atoms with Gasteiger partial charge in [0, 0.05) is 0 Å². The molecule has 0 spiro atoms. The van der Waals surface area contributed by atoms with Crippen molar-refractivity contribution in [3.63, 3.8) is 0 Å². The topological polar surface area (TPSA) is 94.7 Å². The van der Waals surface area contributed by atoms with Gasteiger partial charge in [0.05, 0.1) is 29.9 Å². The molecule has 8 heteroatoms. The zero-order valence-electron chi connectivity index (χ0n) is 18.6. The summed E-state index contributed by atoms with van der Waals surface area (Å²) in [5.74, 6) is -2.13. The van der Waals surface area contributed by atoms with Gasteiger partial charge in [0.15, 0.2) is 0 Å². The summed E-state index contributed by atoms with van der Waals surface area (Å²) in [6.45, 7) is 5.02. The monoisotopic (exact) mass is 445 g/mol. The molecular weight excluding hydrogens is 417 g/mol. The molecule has 1 aromatic heterocycles. The van der Waals surface area contributed by atoms with Gasteiger partial charge in [0.25, 0.3) is 0 Å². The molecule has 0 bridgehead atoms. The molecule has 3 rings (SSSR count). The van der Waals surface area contributed by atoms with E-state index >= 15 is 0 Å². The number of benzene rings is 1. The van der Waals surface area contributed by atoms with Crippen molar-refractivity contribution < 1.29 is 33.0 Å². The fourth-order valence-corrected chi connectivity index (χ4v) is 4.30. The van der Waals surface area contributed by atoms with Crippen molar-refractivity contribution in [3.05, 3.63) is 58.2 Å². The van der Waals surface area contributed by atoms with Crippen molar-refractivity contribution in [2.24, 2.45) is 0 Å². The van der Waals surface area contributed by atoms with Crippen LogP contribution >= 0.6 is 0 Å². The Bertz CT molecular complexity index is 1010. The Kier molecular flexibility index (Phi) is 7.33. The van der Waals surface area contributed by atoms with Crippen LogP contribution in [0.2, 0.25) is 0 Å². The summed E-state index contributed by atoms with van der Waals surface area (Å²) < 4.78 is 29.6. The number of hydrogen-bond acceptors (Lipinski definition) is 6. The van der Waals surface area contributed by atoms with E-state index in [1.165, 1.54) is 12.1 Å². The minimum atomic E-state index is -0.933. The first kappa shape index (κ1) is 23.5. The van der Waals surface area contributed by atoms with E-state index in [0.717, 1.165) is 12.8 Å². The van der Waals surface area contributed by atoms with Gasteiger partial charge in [-0.2, -0.15) is 0 Å². The molecular formula is C24H28FNO6. The largest absolute Gasteiger partial charge is 0.462 e. The Labute approximate surface area is 186 Å². The standard InChI is InChI=1S/C24H28FNO6/c1-4-30-21(27)19-15(3)20(22(28)31-5-2)26-18(19)14-32-23(29)24(11-6-7-12-24)16-9-8-10-17(25)13-16/h8-10,13,26H,4-7,11-12,14H2,1-3H3. The van der Waals surface area contributed by atoms with Gasteiger partial charge in [-0.25, -0.2) is 14.0 Å². The SMILES string of the molecule is CCOC(=O)c1[nH]c(COC(=O)C2(c3cccc(F)c3)CCCC2)c(C(=O)OCC)c1C. The Morgan fingerprint density at radius 1 is 1.03 bits per heavy atom. The Morgan fingerprint density at radius 3 is 2.31 bits per heavy atom. The fraction of sp³-hybridized carbons (Fsp3) is 0.458. The van der Waals surface area contributed by atoms with Crippen molar-refractivity contribution in [2.45, 2.75) is 58.5 Å². The van der Waals surface area contributed by atoms with Crippen LogP contribution in [-0.4, -0.2) is 36.1 Å². The first-order valence-electron chi connectivity index (χ1n) is 10.8. The van der Waals surface area contributed by atoms with E-state index < -0.39 is 29.1 Å². The molecule has 0 radical (unpaired) electrons. The van der Waals surface area contributed by atoms with Crippen molar-refractivity contribution in [1.29, 1.82) is 0 Å². The first-order chi connectivity index (χ1) is 15.3. The zero-order chi connectivity index (χ0) is 23.3. The van der Waals surface area contributed by atoms with Crippen molar-refractivity contribution in [1.82, 2.24) is 4.98 Å². The summed E-state index contributed by atoms with van der Waals surface area (Å²) in [5, 5.41) is 0. The maximum atomic E-state index is 13.9. The third-order valence-electron chi connectivity index (χ3n) is 5.86. The molecule has 1 aliphatic rings. The van der Waals surface area contributed by atoms with Crippen LogP contribution in [0, 0.1) is 12.7 Å². The molecule has 1 fully saturated rings. The summed E-state index contributed by atoms with van der Waals surface area (Å²) >= 11 is 0. The maximum absolute atomic E-state index is 13.9. The quantitative estimate of drug-likeness (QED) is 0.479. The normalized spacial score (nSPS) is 14.8. The highest BCUT2D eigenvalue weighted by atomic mass is 19.1. The van der Waals surface area contributed by atoms with E-state index in [4.69, 9.17) is 14.2 Å². The zero-order valence-corrected chi connectivity index (χ0v) is 18.6. The third-order valence-corrected chi connectivity index (χ3v) is 5.86. The van der Waals surface area contributed by atoms with Gasteiger partial charge in [-0.05, 0) is 56.9 Å². The second-order valence-corrected chi connectivity index (χ2v) is 7.80. The molecule has 0 atom stereocenters. The van der Waals surface area contributed by atoms with Gasteiger partial charge < -0.3 is 19.2 Å². The van der Waals surface area contributed by atoms with E-state index in [1.54, 1.807) is 32.9 Å². The van der Waals surface area contributed by atoms with E-state index in [1.807, 2.05) is 0 Å². The predicted octanol–water partition coefficient (Wildman–Crippen LogP) is 4.37. The number of nitrogens with one attached hydrogen (secondary N) is 1. The van der Waals surface area contributed by atoms with Gasteiger partial charge in [-0.1, -0.05) is 25.0 Å². The molecule has 0 saturated heterocycles.